The van der Waals surface area contributed by atoms with Crippen molar-refractivity contribution >= 4 is 11.7 Å². The molecule has 6 heteroatoms. The molecule has 0 atom stereocenters. The third-order valence-corrected chi connectivity index (χ3v) is 2.51. The zero-order valence-electron chi connectivity index (χ0n) is 10.6. The summed E-state index contributed by atoms with van der Waals surface area (Å²) in [5, 5.41) is 7.90. The molecule has 1 rings (SSSR count). The van der Waals surface area contributed by atoms with Crippen LogP contribution in [0.3, 0.4) is 0 Å². The van der Waals surface area contributed by atoms with E-state index in [4.69, 9.17) is 5.73 Å². The van der Waals surface area contributed by atoms with Crippen molar-refractivity contribution in [3.63, 3.8) is 0 Å². The van der Waals surface area contributed by atoms with E-state index < -0.39 is 0 Å². The van der Waals surface area contributed by atoms with Crippen molar-refractivity contribution in [2.75, 3.05) is 32.1 Å². The molecule has 1 heterocycles. The summed E-state index contributed by atoms with van der Waals surface area (Å²) in [7, 11) is 3.47. The van der Waals surface area contributed by atoms with Gasteiger partial charge in [-0.05, 0) is 13.0 Å². The van der Waals surface area contributed by atoms with Crippen LogP contribution in [0.4, 0.5) is 5.82 Å². The van der Waals surface area contributed by atoms with E-state index in [-0.39, 0.29) is 12.5 Å². The molecule has 0 aliphatic carbocycles. The molecule has 94 valence electrons. The van der Waals surface area contributed by atoms with E-state index in [1.807, 2.05) is 17.9 Å². The van der Waals surface area contributed by atoms with Crippen LogP contribution in [0, 0.1) is 0 Å². The van der Waals surface area contributed by atoms with Gasteiger partial charge in [0.05, 0.1) is 12.7 Å². The van der Waals surface area contributed by atoms with Crippen molar-refractivity contribution in [3.05, 3.63) is 17.8 Å². The zero-order chi connectivity index (χ0) is 12.8. The number of amides is 1. The van der Waals surface area contributed by atoms with Crippen LogP contribution < -0.4 is 10.6 Å². The lowest BCUT2D eigenvalue weighted by molar-refractivity contribution is -0.127. The van der Waals surface area contributed by atoms with E-state index in [9.17, 15) is 4.79 Å². The fraction of sp³-hybridized carbons (Fsp3) is 0.545. The molecule has 0 aliphatic heterocycles. The van der Waals surface area contributed by atoms with Gasteiger partial charge in [0.1, 0.15) is 0 Å². The van der Waals surface area contributed by atoms with Gasteiger partial charge in [-0.3, -0.25) is 4.79 Å². The standard InChI is InChI=1S/C11H19N5O/c1-4-16(8-10(17)15(2)3)11-9(7-12)5-6-13-14-11/h5-6H,4,7-8,12H2,1-3H3. The van der Waals surface area contributed by atoms with Crippen LogP contribution in [0.2, 0.25) is 0 Å². The highest BCUT2D eigenvalue weighted by molar-refractivity contribution is 5.80. The molecule has 0 radical (unpaired) electrons. The van der Waals surface area contributed by atoms with E-state index in [1.54, 1.807) is 25.2 Å². The van der Waals surface area contributed by atoms with Crippen molar-refractivity contribution in [3.8, 4) is 0 Å². The summed E-state index contributed by atoms with van der Waals surface area (Å²) in [5.41, 5.74) is 6.54. The second kappa shape index (κ2) is 6.15. The van der Waals surface area contributed by atoms with E-state index >= 15 is 0 Å². The smallest absolute Gasteiger partial charge is 0.241 e. The SMILES string of the molecule is CCN(CC(=O)N(C)C)c1nnccc1CN. The summed E-state index contributed by atoms with van der Waals surface area (Å²) in [6.45, 7) is 3.33. The lowest BCUT2D eigenvalue weighted by atomic mass is 10.2. The molecule has 0 aliphatic rings. The topological polar surface area (TPSA) is 75.4 Å². The van der Waals surface area contributed by atoms with E-state index in [0.29, 0.717) is 18.9 Å². The maximum Gasteiger partial charge on any atom is 0.241 e. The molecule has 0 saturated heterocycles. The molecule has 1 amide bonds. The Morgan fingerprint density at radius 1 is 1.47 bits per heavy atom. The van der Waals surface area contributed by atoms with Crippen LogP contribution in [0.1, 0.15) is 12.5 Å². The quantitative estimate of drug-likeness (QED) is 0.770. The van der Waals surface area contributed by atoms with Gasteiger partial charge in [0.15, 0.2) is 5.82 Å². The Kier molecular flexibility index (Phi) is 4.84. The summed E-state index contributed by atoms with van der Waals surface area (Å²) >= 11 is 0. The summed E-state index contributed by atoms with van der Waals surface area (Å²) < 4.78 is 0. The second-order valence-electron chi connectivity index (χ2n) is 3.89. The molecule has 0 spiro atoms. The Balaban J connectivity index is 2.89. The first-order valence-electron chi connectivity index (χ1n) is 5.55. The predicted molar refractivity (Wildman–Crippen MR) is 66.5 cm³/mol. The number of carbonyl (C=O) groups is 1. The first-order valence-corrected chi connectivity index (χ1v) is 5.55. The van der Waals surface area contributed by atoms with Crippen molar-refractivity contribution in [1.82, 2.24) is 15.1 Å². The van der Waals surface area contributed by atoms with Crippen molar-refractivity contribution in [1.29, 1.82) is 0 Å². The van der Waals surface area contributed by atoms with Crippen LogP contribution in [-0.2, 0) is 11.3 Å². The minimum atomic E-state index is 0.0282. The third-order valence-electron chi connectivity index (χ3n) is 2.51. The molecular formula is C11H19N5O. The predicted octanol–water partition coefficient (Wildman–Crippen LogP) is -0.150. The minimum absolute atomic E-state index is 0.0282. The van der Waals surface area contributed by atoms with Gasteiger partial charge in [-0.15, -0.1) is 5.10 Å². The number of anilines is 1. The normalized spacial score (nSPS) is 10.1. The van der Waals surface area contributed by atoms with Crippen LogP contribution in [0.25, 0.3) is 0 Å². The lowest BCUT2D eigenvalue weighted by Crippen LogP contribution is -2.37. The lowest BCUT2D eigenvalue weighted by Gasteiger charge is -2.24. The van der Waals surface area contributed by atoms with Crippen LogP contribution in [0.15, 0.2) is 12.3 Å². The summed E-state index contributed by atoms with van der Waals surface area (Å²) in [4.78, 5) is 15.1. The molecule has 0 fully saturated rings. The van der Waals surface area contributed by atoms with Gasteiger partial charge in [0.25, 0.3) is 0 Å². The van der Waals surface area contributed by atoms with Crippen LogP contribution >= 0.6 is 0 Å². The Hall–Kier alpha value is -1.69. The van der Waals surface area contributed by atoms with Gasteiger partial charge in [-0.1, -0.05) is 0 Å². The molecule has 0 aromatic carbocycles. The molecule has 0 bridgehead atoms. The fourth-order valence-corrected chi connectivity index (χ4v) is 1.42. The van der Waals surface area contributed by atoms with Crippen LogP contribution in [-0.4, -0.2) is 48.2 Å². The molecule has 6 nitrogen and oxygen atoms in total. The molecule has 17 heavy (non-hydrogen) atoms. The minimum Gasteiger partial charge on any atom is -0.347 e. The van der Waals surface area contributed by atoms with E-state index in [0.717, 1.165) is 5.56 Å². The van der Waals surface area contributed by atoms with Gasteiger partial charge < -0.3 is 15.5 Å². The Labute approximate surface area is 101 Å². The molecule has 0 saturated carbocycles. The van der Waals surface area contributed by atoms with Gasteiger partial charge in [-0.25, -0.2) is 0 Å². The number of nitrogens with two attached hydrogens (primary N) is 1. The second-order valence-corrected chi connectivity index (χ2v) is 3.89. The first-order chi connectivity index (χ1) is 8.10. The highest BCUT2D eigenvalue weighted by Crippen LogP contribution is 2.15. The number of aromatic nitrogens is 2. The number of carbonyl (C=O) groups excluding carboxylic acids is 1. The maximum absolute atomic E-state index is 11.7. The average Bonchev–Trinajstić information content (AvgIpc) is 2.35. The van der Waals surface area contributed by atoms with Gasteiger partial charge in [-0.2, -0.15) is 5.10 Å². The number of hydrogen-bond acceptors (Lipinski definition) is 5. The monoisotopic (exact) mass is 237 g/mol. The Morgan fingerprint density at radius 3 is 2.71 bits per heavy atom. The highest BCUT2D eigenvalue weighted by atomic mass is 16.2. The fourth-order valence-electron chi connectivity index (χ4n) is 1.42. The number of likely N-dealkylation sites (N-methyl/N-ethyl adjacent to an activating group) is 2. The first kappa shape index (κ1) is 13.4. The molecule has 1 aromatic heterocycles. The number of nitrogens with zero attached hydrogens (tertiary/aromatic N) is 4. The zero-order valence-corrected chi connectivity index (χ0v) is 10.6. The molecular weight excluding hydrogens is 218 g/mol. The average molecular weight is 237 g/mol. The Bertz CT molecular complexity index is 380. The molecule has 2 N–H and O–H groups in total. The van der Waals surface area contributed by atoms with E-state index in [1.165, 1.54) is 0 Å². The summed E-state index contributed by atoms with van der Waals surface area (Å²) in [6, 6.07) is 1.82. The highest BCUT2D eigenvalue weighted by Gasteiger charge is 2.15. The van der Waals surface area contributed by atoms with Gasteiger partial charge >= 0.3 is 0 Å². The van der Waals surface area contributed by atoms with Crippen LogP contribution in [0.5, 0.6) is 0 Å². The van der Waals surface area contributed by atoms with Crippen molar-refractivity contribution in [2.24, 2.45) is 5.73 Å². The molecule has 0 unspecified atom stereocenters. The number of hydrogen-bond donors (Lipinski definition) is 1. The van der Waals surface area contributed by atoms with Crippen molar-refractivity contribution < 1.29 is 4.79 Å². The van der Waals surface area contributed by atoms with Crippen molar-refractivity contribution in [2.45, 2.75) is 13.5 Å². The molecule has 1 aromatic rings. The summed E-state index contributed by atoms with van der Waals surface area (Å²) in [5.74, 6) is 0.716. The summed E-state index contributed by atoms with van der Waals surface area (Å²) in [6.07, 6.45) is 1.60. The van der Waals surface area contributed by atoms with Gasteiger partial charge in [0.2, 0.25) is 5.91 Å². The third kappa shape index (κ3) is 3.39. The maximum atomic E-state index is 11.7. The Morgan fingerprint density at radius 2 is 2.18 bits per heavy atom. The van der Waals surface area contributed by atoms with Gasteiger partial charge in [0, 0.05) is 32.7 Å². The van der Waals surface area contributed by atoms with E-state index in [2.05, 4.69) is 10.2 Å². The number of rotatable bonds is 5. The largest absolute Gasteiger partial charge is 0.347 e.